The summed E-state index contributed by atoms with van der Waals surface area (Å²) >= 11 is 0. The normalized spacial score (nSPS) is 11.1. The van der Waals surface area contributed by atoms with Crippen LogP contribution in [0.2, 0.25) is 0 Å². The SMILES string of the molecule is O=c1oc2cc(OCC=Cc3ccccc3)ccc2cc1-c1ccccn1. The molecule has 0 aliphatic rings. The standard InChI is InChI=1S/C23H17NO3/c25-23-20(21-10-4-5-13-24-21)15-18-11-12-19(16-22(18)27-23)26-14-6-9-17-7-2-1-3-8-17/h1-13,15-16H,14H2. The van der Waals surface area contributed by atoms with Gasteiger partial charge in [0.25, 0.3) is 0 Å². The van der Waals surface area contributed by atoms with E-state index in [1.807, 2.05) is 66.7 Å². The van der Waals surface area contributed by atoms with Gasteiger partial charge in [-0.1, -0.05) is 42.5 Å². The lowest BCUT2D eigenvalue weighted by Crippen LogP contribution is -2.03. The van der Waals surface area contributed by atoms with Crippen LogP contribution in [0.1, 0.15) is 5.56 Å². The number of aromatic nitrogens is 1. The Morgan fingerprint density at radius 2 is 1.81 bits per heavy atom. The van der Waals surface area contributed by atoms with E-state index in [1.165, 1.54) is 0 Å². The van der Waals surface area contributed by atoms with Crippen molar-refractivity contribution in [2.45, 2.75) is 0 Å². The number of benzene rings is 2. The van der Waals surface area contributed by atoms with Crippen LogP contribution in [0.25, 0.3) is 28.3 Å². The van der Waals surface area contributed by atoms with E-state index in [0.717, 1.165) is 10.9 Å². The summed E-state index contributed by atoms with van der Waals surface area (Å²) in [5, 5.41) is 0.822. The molecule has 0 radical (unpaired) electrons. The molecular formula is C23H17NO3. The smallest absolute Gasteiger partial charge is 0.345 e. The molecule has 0 amide bonds. The average molecular weight is 355 g/mol. The summed E-state index contributed by atoms with van der Waals surface area (Å²) in [4.78, 5) is 16.5. The Labute approximate surface area is 156 Å². The molecule has 0 aliphatic heterocycles. The highest BCUT2D eigenvalue weighted by atomic mass is 16.5. The monoisotopic (exact) mass is 355 g/mol. The number of ether oxygens (including phenoxy) is 1. The maximum Gasteiger partial charge on any atom is 0.345 e. The van der Waals surface area contributed by atoms with Crippen molar-refractivity contribution in [3.8, 4) is 17.0 Å². The van der Waals surface area contributed by atoms with E-state index in [9.17, 15) is 4.79 Å². The third-order valence-electron chi connectivity index (χ3n) is 4.10. The zero-order valence-electron chi connectivity index (χ0n) is 14.5. The quantitative estimate of drug-likeness (QED) is 0.476. The molecule has 0 atom stereocenters. The molecule has 27 heavy (non-hydrogen) atoms. The van der Waals surface area contributed by atoms with Gasteiger partial charge in [-0.05, 0) is 42.0 Å². The van der Waals surface area contributed by atoms with Crippen molar-refractivity contribution in [1.82, 2.24) is 4.98 Å². The molecule has 0 aliphatic carbocycles. The number of fused-ring (bicyclic) bond motifs is 1. The lowest BCUT2D eigenvalue weighted by molar-refractivity contribution is 0.363. The predicted molar refractivity (Wildman–Crippen MR) is 107 cm³/mol. The zero-order chi connectivity index (χ0) is 18.5. The van der Waals surface area contributed by atoms with Crippen LogP contribution in [0.5, 0.6) is 5.75 Å². The molecular weight excluding hydrogens is 338 g/mol. The van der Waals surface area contributed by atoms with Crippen molar-refractivity contribution >= 4 is 17.0 Å². The van der Waals surface area contributed by atoms with Gasteiger partial charge in [0.2, 0.25) is 0 Å². The summed E-state index contributed by atoms with van der Waals surface area (Å²) < 4.78 is 11.2. The summed E-state index contributed by atoms with van der Waals surface area (Å²) in [6.07, 6.45) is 5.60. The molecule has 4 aromatic rings. The van der Waals surface area contributed by atoms with Gasteiger partial charge in [0.05, 0.1) is 11.3 Å². The van der Waals surface area contributed by atoms with Crippen LogP contribution >= 0.6 is 0 Å². The van der Waals surface area contributed by atoms with E-state index >= 15 is 0 Å². The number of nitrogens with zero attached hydrogens (tertiary/aromatic N) is 1. The van der Waals surface area contributed by atoms with Crippen molar-refractivity contribution in [2.24, 2.45) is 0 Å². The molecule has 2 aromatic carbocycles. The van der Waals surface area contributed by atoms with Gasteiger partial charge in [-0.15, -0.1) is 0 Å². The molecule has 0 saturated heterocycles. The van der Waals surface area contributed by atoms with Crippen LogP contribution in [-0.2, 0) is 0 Å². The van der Waals surface area contributed by atoms with Crippen molar-refractivity contribution in [2.75, 3.05) is 6.61 Å². The van der Waals surface area contributed by atoms with E-state index in [4.69, 9.17) is 9.15 Å². The Morgan fingerprint density at radius 3 is 2.63 bits per heavy atom. The maximum absolute atomic E-state index is 12.3. The second-order valence-electron chi connectivity index (χ2n) is 5.99. The summed E-state index contributed by atoms with van der Waals surface area (Å²) in [7, 11) is 0. The summed E-state index contributed by atoms with van der Waals surface area (Å²) in [6.45, 7) is 0.427. The van der Waals surface area contributed by atoms with Gasteiger partial charge < -0.3 is 9.15 Å². The molecule has 2 heterocycles. The fourth-order valence-corrected chi connectivity index (χ4v) is 2.77. The van der Waals surface area contributed by atoms with Gasteiger partial charge in [0, 0.05) is 17.6 Å². The van der Waals surface area contributed by atoms with Crippen molar-refractivity contribution < 1.29 is 9.15 Å². The fraction of sp³-hybridized carbons (Fsp3) is 0.0435. The van der Waals surface area contributed by atoms with E-state index in [2.05, 4.69) is 4.98 Å². The molecule has 4 heteroatoms. The number of hydrogen-bond donors (Lipinski definition) is 0. The summed E-state index contributed by atoms with van der Waals surface area (Å²) in [6, 6.07) is 22.7. The number of hydrogen-bond acceptors (Lipinski definition) is 4. The molecule has 0 bridgehead atoms. The highest BCUT2D eigenvalue weighted by Gasteiger charge is 2.09. The molecule has 0 saturated carbocycles. The molecule has 0 fully saturated rings. The van der Waals surface area contributed by atoms with Crippen LogP contribution in [0.4, 0.5) is 0 Å². The minimum Gasteiger partial charge on any atom is -0.489 e. The second kappa shape index (κ2) is 7.70. The van der Waals surface area contributed by atoms with E-state index in [0.29, 0.717) is 29.2 Å². The third-order valence-corrected chi connectivity index (χ3v) is 4.10. The van der Waals surface area contributed by atoms with Gasteiger partial charge >= 0.3 is 5.63 Å². The number of pyridine rings is 1. The van der Waals surface area contributed by atoms with Gasteiger partial charge in [0.15, 0.2) is 0 Å². The van der Waals surface area contributed by atoms with Gasteiger partial charge in [-0.25, -0.2) is 4.79 Å². The fourth-order valence-electron chi connectivity index (χ4n) is 2.77. The second-order valence-corrected chi connectivity index (χ2v) is 5.99. The third kappa shape index (κ3) is 3.96. The van der Waals surface area contributed by atoms with Crippen LogP contribution < -0.4 is 10.4 Å². The van der Waals surface area contributed by atoms with Crippen LogP contribution in [0.3, 0.4) is 0 Å². The van der Waals surface area contributed by atoms with Gasteiger partial charge in [0.1, 0.15) is 17.9 Å². The first-order chi connectivity index (χ1) is 13.3. The molecule has 0 unspecified atom stereocenters. The Kier molecular flexibility index (Phi) is 4.79. The molecule has 4 rings (SSSR count). The van der Waals surface area contributed by atoms with Crippen LogP contribution in [0.15, 0.2) is 94.3 Å². The minimum atomic E-state index is -0.415. The predicted octanol–water partition coefficient (Wildman–Crippen LogP) is 4.95. The van der Waals surface area contributed by atoms with Crippen LogP contribution in [0, 0.1) is 0 Å². The highest BCUT2D eigenvalue weighted by molar-refractivity contribution is 5.82. The topological polar surface area (TPSA) is 52.3 Å². The van der Waals surface area contributed by atoms with Crippen LogP contribution in [-0.4, -0.2) is 11.6 Å². The zero-order valence-corrected chi connectivity index (χ0v) is 14.5. The molecule has 0 N–H and O–H groups in total. The summed E-state index contributed by atoms with van der Waals surface area (Å²) in [5.41, 5.74) is 2.24. The highest BCUT2D eigenvalue weighted by Crippen LogP contribution is 2.23. The minimum absolute atomic E-state index is 0.415. The molecule has 0 spiro atoms. The molecule has 2 aromatic heterocycles. The Morgan fingerprint density at radius 1 is 0.963 bits per heavy atom. The average Bonchev–Trinajstić information content (AvgIpc) is 2.72. The Bertz CT molecular complexity index is 1130. The number of rotatable bonds is 5. The van der Waals surface area contributed by atoms with E-state index < -0.39 is 5.63 Å². The summed E-state index contributed by atoms with van der Waals surface area (Å²) in [5.74, 6) is 0.647. The molecule has 4 nitrogen and oxygen atoms in total. The first-order valence-electron chi connectivity index (χ1n) is 8.63. The van der Waals surface area contributed by atoms with Crippen molar-refractivity contribution in [3.05, 3.63) is 101 Å². The lowest BCUT2D eigenvalue weighted by Gasteiger charge is -2.05. The lowest BCUT2D eigenvalue weighted by atomic mass is 10.1. The first kappa shape index (κ1) is 16.8. The largest absolute Gasteiger partial charge is 0.489 e. The maximum atomic E-state index is 12.3. The van der Waals surface area contributed by atoms with Gasteiger partial charge in [-0.3, -0.25) is 4.98 Å². The van der Waals surface area contributed by atoms with Gasteiger partial charge in [-0.2, -0.15) is 0 Å². The van der Waals surface area contributed by atoms with Crippen molar-refractivity contribution in [1.29, 1.82) is 0 Å². The molecule has 132 valence electrons. The van der Waals surface area contributed by atoms with E-state index in [-0.39, 0.29) is 0 Å². The Hall–Kier alpha value is -3.66. The Balaban J connectivity index is 1.53. The van der Waals surface area contributed by atoms with E-state index in [1.54, 1.807) is 24.4 Å². The van der Waals surface area contributed by atoms with Crippen molar-refractivity contribution in [3.63, 3.8) is 0 Å². The first-order valence-corrected chi connectivity index (χ1v) is 8.63.